The van der Waals surface area contributed by atoms with Gasteiger partial charge in [0.25, 0.3) is 5.91 Å². The SMILES string of the molecule is COC(=O)C1=C(N)OC2=C(C(=O)CC(C)(C)C2)C1c1ccccc1OCC(=O)Nc1ccc(F)cc1. The average molecular weight is 495 g/mol. The number of esters is 1. The summed E-state index contributed by atoms with van der Waals surface area (Å²) < 4.78 is 29.7. The third-order valence-corrected chi connectivity index (χ3v) is 6.08. The molecule has 2 aliphatic rings. The number of Topliss-reactive ketones (excluding diaryl/α,β-unsaturated/α-hetero) is 1. The molecule has 0 bridgehead atoms. The maximum Gasteiger partial charge on any atom is 0.340 e. The Morgan fingerprint density at radius 1 is 1.14 bits per heavy atom. The second-order valence-electron chi connectivity index (χ2n) is 9.46. The number of rotatable bonds is 6. The summed E-state index contributed by atoms with van der Waals surface area (Å²) in [6.45, 7) is 3.55. The van der Waals surface area contributed by atoms with Crippen LogP contribution in [0, 0.1) is 11.2 Å². The number of anilines is 1. The number of nitrogens with one attached hydrogen (secondary N) is 1. The van der Waals surface area contributed by atoms with Crippen molar-refractivity contribution in [3.63, 3.8) is 0 Å². The van der Waals surface area contributed by atoms with Crippen LogP contribution in [0.2, 0.25) is 0 Å². The van der Waals surface area contributed by atoms with Gasteiger partial charge in [-0.3, -0.25) is 9.59 Å². The Morgan fingerprint density at radius 3 is 2.53 bits per heavy atom. The van der Waals surface area contributed by atoms with Gasteiger partial charge >= 0.3 is 5.97 Å². The van der Waals surface area contributed by atoms with Crippen molar-refractivity contribution in [1.82, 2.24) is 0 Å². The molecule has 0 saturated carbocycles. The number of ketones is 1. The second-order valence-corrected chi connectivity index (χ2v) is 9.46. The van der Waals surface area contributed by atoms with E-state index in [0.717, 1.165) is 0 Å². The van der Waals surface area contributed by atoms with Gasteiger partial charge in [0, 0.05) is 29.7 Å². The van der Waals surface area contributed by atoms with Gasteiger partial charge in [-0.2, -0.15) is 0 Å². The van der Waals surface area contributed by atoms with Gasteiger partial charge in [-0.25, -0.2) is 9.18 Å². The van der Waals surface area contributed by atoms with Gasteiger partial charge in [-0.1, -0.05) is 32.0 Å². The molecule has 9 heteroatoms. The molecule has 1 amide bonds. The summed E-state index contributed by atoms with van der Waals surface area (Å²) in [5.41, 5.74) is 7.05. The first-order chi connectivity index (χ1) is 17.1. The fourth-order valence-corrected chi connectivity index (χ4v) is 4.53. The quantitative estimate of drug-likeness (QED) is 0.584. The predicted molar refractivity (Wildman–Crippen MR) is 129 cm³/mol. The minimum absolute atomic E-state index is 0.00359. The first kappa shape index (κ1) is 25.0. The zero-order valence-electron chi connectivity index (χ0n) is 20.2. The lowest BCUT2D eigenvalue weighted by Crippen LogP contribution is -2.35. The van der Waals surface area contributed by atoms with Crippen LogP contribution in [0.25, 0.3) is 0 Å². The summed E-state index contributed by atoms with van der Waals surface area (Å²) in [5.74, 6) is -2.11. The lowest BCUT2D eigenvalue weighted by atomic mass is 9.70. The van der Waals surface area contributed by atoms with Gasteiger partial charge in [-0.05, 0) is 35.7 Å². The van der Waals surface area contributed by atoms with Gasteiger partial charge < -0.3 is 25.3 Å². The molecule has 0 aromatic heterocycles. The Kier molecular flexibility index (Phi) is 6.83. The summed E-state index contributed by atoms with van der Waals surface area (Å²) in [7, 11) is 1.22. The smallest absolute Gasteiger partial charge is 0.340 e. The number of allylic oxidation sites excluding steroid dienone is 2. The number of hydrogen-bond donors (Lipinski definition) is 2. The molecule has 0 spiro atoms. The van der Waals surface area contributed by atoms with E-state index in [0.29, 0.717) is 29.0 Å². The van der Waals surface area contributed by atoms with Crippen LogP contribution in [-0.4, -0.2) is 31.4 Å². The second kappa shape index (κ2) is 9.85. The highest BCUT2D eigenvalue weighted by Gasteiger charge is 2.45. The molecule has 36 heavy (non-hydrogen) atoms. The Balaban J connectivity index is 1.68. The van der Waals surface area contributed by atoms with E-state index < -0.39 is 23.6 Å². The molecule has 188 valence electrons. The molecule has 1 unspecified atom stereocenters. The molecule has 1 heterocycles. The van der Waals surface area contributed by atoms with E-state index in [1.165, 1.54) is 31.4 Å². The number of ether oxygens (including phenoxy) is 3. The highest BCUT2D eigenvalue weighted by Crippen LogP contribution is 2.49. The molecule has 0 radical (unpaired) electrons. The topological polar surface area (TPSA) is 117 Å². The van der Waals surface area contributed by atoms with E-state index in [1.807, 2.05) is 13.8 Å². The van der Waals surface area contributed by atoms with E-state index >= 15 is 0 Å². The fraction of sp³-hybridized carbons (Fsp3) is 0.296. The Morgan fingerprint density at radius 2 is 1.83 bits per heavy atom. The highest BCUT2D eigenvalue weighted by atomic mass is 19.1. The number of halogens is 1. The van der Waals surface area contributed by atoms with Crippen LogP contribution >= 0.6 is 0 Å². The van der Waals surface area contributed by atoms with Crippen molar-refractivity contribution in [1.29, 1.82) is 0 Å². The lowest BCUT2D eigenvalue weighted by Gasteiger charge is -2.38. The summed E-state index contributed by atoms with van der Waals surface area (Å²) in [5, 5.41) is 2.63. The third kappa shape index (κ3) is 5.10. The number of hydrogen-bond acceptors (Lipinski definition) is 7. The fourth-order valence-electron chi connectivity index (χ4n) is 4.53. The van der Waals surface area contributed by atoms with Gasteiger partial charge in [0.15, 0.2) is 12.4 Å². The largest absolute Gasteiger partial charge is 0.483 e. The molecule has 4 rings (SSSR count). The van der Waals surface area contributed by atoms with E-state index in [2.05, 4.69) is 5.32 Å². The predicted octanol–water partition coefficient (Wildman–Crippen LogP) is 3.94. The number of amides is 1. The molecule has 2 aromatic rings. The zero-order chi connectivity index (χ0) is 26.0. The van der Waals surface area contributed by atoms with Gasteiger partial charge in [0.1, 0.15) is 22.9 Å². The minimum atomic E-state index is -0.888. The van der Waals surface area contributed by atoms with Crippen LogP contribution < -0.4 is 15.8 Å². The van der Waals surface area contributed by atoms with Crippen LogP contribution in [0.3, 0.4) is 0 Å². The van der Waals surface area contributed by atoms with Crippen molar-refractivity contribution >= 4 is 23.3 Å². The normalized spacial score (nSPS) is 18.8. The Hall–Kier alpha value is -4.14. The number of carbonyl (C=O) groups excluding carboxylic acids is 3. The Bertz CT molecular complexity index is 1280. The number of methoxy groups -OCH3 is 1. The number of carbonyl (C=O) groups is 3. The molecular weight excluding hydrogens is 467 g/mol. The van der Waals surface area contributed by atoms with Crippen LogP contribution in [0.5, 0.6) is 5.75 Å². The molecule has 0 fully saturated rings. The Labute approximate surface area is 207 Å². The third-order valence-electron chi connectivity index (χ3n) is 6.08. The minimum Gasteiger partial charge on any atom is -0.483 e. The number of nitrogens with two attached hydrogens (primary N) is 1. The van der Waals surface area contributed by atoms with Crippen molar-refractivity contribution in [3.05, 3.63) is 82.7 Å². The molecule has 0 saturated heterocycles. The standard InChI is InChI=1S/C27H27FN2O6/c1-27(2)12-18(31)23-20(13-27)36-25(29)24(26(33)34-3)22(23)17-6-4-5-7-19(17)35-14-21(32)30-16-10-8-15(28)9-11-16/h4-11,22H,12-14,29H2,1-3H3,(H,30,32). The van der Waals surface area contributed by atoms with Crippen molar-refractivity contribution < 1.29 is 33.0 Å². The molecule has 1 aliphatic carbocycles. The highest BCUT2D eigenvalue weighted by molar-refractivity contribution is 6.03. The van der Waals surface area contributed by atoms with Crippen LogP contribution in [-0.2, 0) is 23.9 Å². The molecule has 8 nitrogen and oxygen atoms in total. The first-order valence-corrected chi connectivity index (χ1v) is 11.4. The molecule has 2 aromatic carbocycles. The molecule has 1 aliphatic heterocycles. The summed E-state index contributed by atoms with van der Waals surface area (Å²) in [6.07, 6.45) is 0.728. The summed E-state index contributed by atoms with van der Waals surface area (Å²) >= 11 is 0. The van der Waals surface area contributed by atoms with E-state index in [-0.39, 0.29) is 41.4 Å². The van der Waals surface area contributed by atoms with E-state index in [9.17, 15) is 18.8 Å². The summed E-state index contributed by atoms with van der Waals surface area (Å²) in [6, 6.07) is 12.1. The van der Waals surface area contributed by atoms with Gasteiger partial charge in [-0.15, -0.1) is 0 Å². The van der Waals surface area contributed by atoms with Crippen molar-refractivity contribution in [3.8, 4) is 5.75 Å². The number of benzene rings is 2. The van der Waals surface area contributed by atoms with E-state index in [1.54, 1.807) is 24.3 Å². The van der Waals surface area contributed by atoms with Crippen molar-refractivity contribution in [2.75, 3.05) is 19.0 Å². The molecule has 1 atom stereocenters. The van der Waals surface area contributed by atoms with Gasteiger partial charge in [0.05, 0.1) is 13.0 Å². The van der Waals surface area contributed by atoms with Gasteiger partial charge in [0.2, 0.25) is 5.88 Å². The van der Waals surface area contributed by atoms with Crippen molar-refractivity contribution in [2.24, 2.45) is 11.1 Å². The zero-order valence-corrected chi connectivity index (χ0v) is 20.2. The van der Waals surface area contributed by atoms with Crippen LogP contribution in [0.1, 0.15) is 38.2 Å². The monoisotopic (exact) mass is 494 g/mol. The average Bonchev–Trinajstić information content (AvgIpc) is 2.82. The van der Waals surface area contributed by atoms with E-state index in [4.69, 9.17) is 19.9 Å². The molecular formula is C27H27FN2O6. The van der Waals surface area contributed by atoms with Crippen LogP contribution in [0.4, 0.5) is 10.1 Å². The van der Waals surface area contributed by atoms with Crippen LogP contribution in [0.15, 0.2) is 71.3 Å². The van der Waals surface area contributed by atoms with Crippen molar-refractivity contribution in [2.45, 2.75) is 32.6 Å². The molecule has 3 N–H and O–H groups in total. The number of para-hydroxylation sites is 1. The maximum atomic E-state index is 13.3. The maximum absolute atomic E-state index is 13.3. The lowest BCUT2D eigenvalue weighted by molar-refractivity contribution is -0.136. The summed E-state index contributed by atoms with van der Waals surface area (Å²) in [4.78, 5) is 38.5. The first-order valence-electron chi connectivity index (χ1n) is 11.4.